The van der Waals surface area contributed by atoms with Crippen LogP contribution in [0, 0.1) is 6.92 Å². The number of nitrogens with zero attached hydrogens (tertiary/aromatic N) is 1. The molecular weight excluding hydrogens is 414 g/mol. The Balaban J connectivity index is 1.78. The van der Waals surface area contributed by atoms with Crippen molar-refractivity contribution >= 4 is 33.2 Å². The molecule has 0 radical (unpaired) electrons. The van der Waals surface area contributed by atoms with Gasteiger partial charge in [0.25, 0.3) is 0 Å². The van der Waals surface area contributed by atoms with Gasteiger partial charge in [-0.25, -0.2) is 4.98 Å². The van der Waals surface area contributed by atoms with Crippen molar-refractivity contribution < 1.29 is 0 Å². The van der Waals surface area contributed by atoms with Gasteiger partial charge in [-0.3, -0.25) is 0 Å². The first-order valence-electron chi connectivity index (χ1n) is 12.2. The molecule has 1 aromatic carbocycles. The molecule has 2 aliphatic rings. The first-order valence-corrected chi connectivity index (χ1v) is 12.2. The van der Waals surface area contributed by atoms with Crippen LogP contribution in [0.2, 0.25) is 0 Å². The van der Waals surface area contributed by atoms with E-state index in [9.17, 15) is 0 Å². The summed E-state index contributed by atoms with van der Waals surface area (Å²) in [6.07, 6.45) is 1.95. The van der Waals surface area contributed by atoms with Gasteiger partial charge in [0.05, 0.1) is 11.4 Å². The van der Waals surface area contributed by atoms with Crippen molar-refractivity contribution in [3.05, 3.63) is 89.2 Å². The van der Waals surface area contributed by atoms with E-state index < -0.39 is 0 Å². The molecule has 2 N–H and O–H groups in total. The van der Waals surface area contributed by atoms with Gasteiger partial charge in [-0.05, 0) is 114 Å². The van der Waals surface area contributed by atoms with Gasteiger partial charge < -0.3 is 9.97 Å². The van der Waals surface area contributed by atoms with Crippen molar-refractivity contribution in [3.63, 3.8) is 0 Å². The summed E-state index contributed by atoms with van der Waals surface area (Å²) in [4.78, 5) is 12.4. The van der Waals surface area contributed by atoms with Gasteiger partial charge in [0.1, 0.15) is 0 Å². The summed E-state index contributed by atoms with van der Waals surface area (Å²) in [5, 5.41) is 0. The third-order valence-electron chi connectivity index (χ3n) is 7.32. The number of fused-ring (bicyclic) bond motifs is 11. The summed E-state index contributed by atoms with van der Waals surface area (Å²) < 4.78 is 0. The van der Waals surface area contributed by atoms with Crippen LogP contribution in [-0.4, -0.2) is 15.0 Å². The predicted molar refractivity (Wildman–Crippen MR) is 145 cm³/mol. The Morgan fingerprint density at radius 2 is 1.38 bits per heavy atom. The molecule has 0 saturated carbocycles. The van der Waals surface area contributed by atoms with E-state index in [0.717, 1.165) is 35.3 Å². The second kappa shape index (κ2) is 7.88. The van der Waals surface area contributed by atoms with Crippen molar-refractivity contribution in [1.29, 1.82) is 0 Å². The predicted octanol–water partition coefficient (Wildman–Crippen LogP) is 8.47. The summed E-state index contributed by atoms with van der Waals surface area (Å²) in [5.74, 6) is 0. The largest absolute Gasteiger partial charge is 0.355 e. The zero-order valence-corrected chi connectivity index (χ0v) is 20.2. The SMILES string of the molecule is CCC1=C(C)c2cc3cc(cc4[nH]c(cc5ccc(cc1n2)[nH]5)c(CC)c4C)-c1ccccc1-3. The average molecular weight is 444 g/mol. The van der Waals surface area contributed by atoms with Crippen LogP contribution < -0.4 is 0 Å². The monoisotopic (exact) mass is 443 g/mol. The van der Waals surface area contributed by atoms with E-state index in [1.807, 2.05) is 0 Å². The van der Waals surface area contributed by atoms with E-state index in [0.29, 0.717) is 0 Å². The van der Waals surface area contributed by atoms with Gasteiger partial charge in [0.15, 0.2) is 0 Å². The molecule has 4 aromatic rings. The molecule has 6 rings (SSSR count). The number of aromatic amines is 2. The van der Waals surface area contributed by atoms with E-state index in [1.54, 1.807) is 0 Å². The van der Waals surface area contributed by atoms with Gasteiger partial charge in [-0.1, -0.05) is 38.1 Å². The first kappa shape index (κ1) is 20.7. The highest BCUT2D eigenvalue weighted by Gasteiger charge is 2.18. The molecule has 1 aliphatic carbocycles. The Morgan fingerprint density at radius 3 is 2.09 bits per heavy atom. The van der Waals surface area contributed by atoms with E-state index in [1.165, 1.54) is 55.6 Å². The number of H-pyrrole nitrogens is 2. The minimum Gasteiger partial charge on any atom is -0.355 e. The van der Waals surface area contributed by atoms with Crippen LogP contribution in [0.4, 0.5) is 0 Å². The fourth-order valence-corrected chi connectivity index (χ4v) is 5.49. The van der Waals surface area contributed by atoms with Crippen LogP contribution in [0.5, 0.6) is 0 Å². The molecule has 0 atom stereocenters. The van der Waals surface area contributed by atoms with Crippen LogP contribution >= 0.6 is 0 Å². The maximum absolute atomic E-state index is 5.08. The molecule has 8 bridgehead atoms. The molecule has 0 saturated heterocycles. The van der Waals surface area contributed by atoms with Crippen LogP contribution in [0.15, 0.2) is 66.7 Å². The number of hydrogen-bond donors (Lipinski definition) is 2. The summed E-state index contributed by atoms with van der Waals surface area (Å²) in [5.41, 5.74) is 16.9. The highest BCUT2D eigenvalue weighted by molar-refractivity contribution is 5.95. The van der Waals surface area contributed by atoms with E-state index in [2.05, 4.69) is 104 Å². The molecule has 0 fully saturated rings. The number of hydrogen-bond acceptors (Lipinski definition) is 1. The van der Waals surface area contributed by atoms with Crippen LogP contribution in [0.3, 0.4) is 0 Å². The lowest BCUT2D eigenvalue weighted by Gasteiger charge is -2.01. The normalized spacial score (nSPS) is 12.8. The van der Waals surface area contributed by atoms with Crippen LogP contribution in [0.1, 0.15) is 49.7 Å². The van der Waals surface area contributed by atoms with Gasteiger partial charge in [0.2, 0.25) is 0 Å². The zero-order chi connectivity index (χ0) is 23.4. The summed E-state index contributed by atoms with van der Waals surface area (Å²) in [7, 11) is 0. The standard InChI is InChI=1S/C31H29N3/c1-5-24-18(3)28-14-20-13-21(27-10-8-7-9-26(20)27)15-29-19(4)25(6-2)31(34-29)17-23-12-11-22(32-23)16-30(24)33-28/h7-17,32-33H,5-6H2,1-4H3. The van der Waals surface area contributed by atoms with Gasteiger partial charge in [0, 0.05) is 22.1 Å². The Hall–Kier alpha value is -3.85. The molecule has 0 spiro atoms. The smallest absolute Gasteiger partial charge is 0.0692 e. The summed E-state index contributed by atoms with van der Waals surface area (Å²) in [6.45, 7) is 8.87. The molecular formula is C31H29N3. The minimum absolute atomic E-state index is 0.961. The molecule has 0 unspecified atom stereocenters. The molecule has 4 heterocycles. The third kappa shape index (κ3) is 3.23. The lowest BCUT2D eigenvalue weighted by Crippen LogP contribution is -1.80. The van der Waals surface area contributed by atoms with Crippen molar-refractivity contribution in [2.45, 2.75) is 40.5 Å². The molecule has 34 heavy (non-hydrogen) atoms. The number of allylic oxidation sites excluding steroid dienone is 2. The second-order valence-corrected chi connectivity index (χ2v) is 9.30. The van der Waals surface area contributed by atoms with Crippen LogP contribution in [0.25, 0.3) is 55.5 Å². The topological polar surface area (TPSA) is 44.5 Å². The highest BCUT2D eigenvalue weighted by atomic mass is 14.8. The Labute approximate surface area is 200 Å². The van der Waals surface area contributed by atoms with E-state index >= 15 is 0 Å². The Morgan fingerprint density at radius 1 is 0.676 bits per heavy atom. The number of aromatic nitrogens is 3. The quantitative estimate of drug-likeness (QED) is 0.282. The van der Waals surface area contributed by atoms with E-state index in [-0.39, 0.29) is 0 Å². The van der Waals surface area contributed by atoms with Crippen molar-refractivity contribution in [2.24, 2.45) is 0 Å². The molecule has 3 nitrogen and oxygen atoms in total. The fraction of sp³-hybridized carbons (Fsp3) is 0.194. The highest BCUT2D eigenvalue weighted by Crippen LogP contribution is 2.40. The fourth-order valence-electron chi connectivity index (χ4n) is 5.49. The Bertz CT molecular complexity index is 1640. The van der Waals surface area contributed by atoms with Gasteiger partial charge in [-0.15, -0.1) is 0 Å². The molecule has 3 heteroatoms. The average Bonchev–Trinajstić information content (AvgIpc) is 3.56. The van der Waals surface area contributed by atoms with Gasteiger partial charge in [-0.2, -0.15) is 0 Å². The zero-order valence-electron chi connectivity index (χ0n) is 20.2. The lowest BCUT2D eigenvalue weighted by molar-refractivity contribution is 1.14. The number of benzene rings is 1. The summed E-state index contributed by atoms with van der Waals surface area (Å²) >= 11 is 0. The molecule has 168 valence electrons. The second-order valence-electron chi connectivity index (χ2n) is 9.30. The molecule has 0 amide bonds. The molecule has 1 aliphatic heterocycles. The van der Waals surface area contributed by atoms with Gasteiger partial charge >= 0.3 is 0 Å². The number of aryl methyl sites for hydroxylation is 2. The van der Waals surface area contributed by atoms with Crippen molar-refractivity contribution in [3.8, 4) is 22.3 Å². The van der Waals surface area contributed by atoms with Crippen molar-refractivity contribution in [2.75, 3.05) is 0 Å². The number of nitrogens with one attached hydrogen (secondary N) is 2. The lowest BCUT2D eigenvalue weighted by atomic mass is 10.0. The maximum Gasteiger partial charge on any atom is 0.0692 e. The van der Waals surface area contributed by atoms with Crippen LogP contribution in [-0.2, 0) is 6.42 Å². The minimum atomic E-state index is 0.961. The maximum atomic E-state index is 5.08. The summed E-state index contributed by atoms with van der Waals surface area (Å²) in [6, 6.07) is 24.3. The van der Waals surface area contributed by atoms with E-state index in [4.69, 9.17) is 4.98 Å². The molecule has 3 aromatic heterocycles. The third-order valence-corrected chi connectivity index (χ3v) is 7.32. The Kier molecular flexibility index (Phi) is 4.80. The van der Waals surface area contributed by atoms with Crippen molar-refractivity contribution in [1.82, 2.24) is 15.0 Å². The first-order chi connectivity index (χ1) is 16.6. The number of rotatable bonds is 2.